The summed E-state index contributed by atoms with van der Waals surface area (Å²) in [6.07, 6.45) is 1.05. The number of nitrogens with one attached hydrogen (secondary N) is 1. The van der Waals surface area contributed by atoms with E-state index < -0.39 is 0 Å². The van der Waals surface area contributed by atoms with Crippen molar-refractivity contribution >= 4 is 15.9 Å². The lowest BCUT2D eigenvalue weighted by atomic mass is 10.00. The van der Waals surface area contributed by atoms with Crippen molar-refractivity contribution in [3.05, 3.63) is 34.3 Å². The van der Waals surface area contributed by atoms with Gasteiger partial charge in [0.25, 0.3) is 0 Å². The van der Waals surface area contributed by atoms with E-state index >= 15 is 0 Å². The van der Waals surface area contributed by atoms with Crippen molar-refractivity contribution in [3.63, 3.8) is 0 Å². The Balaban J connectivity index is 2.53. The minimum atomic E-state index is 0.525. The maximum atomic E-state index is 5.29. The van der Waals surface area contributed by atoms with Gasteiger partial charge in [-0.3, -0.25) is 0 Å². The molecule has 0 fully saturated rings. The van der Waals surface area contributed by atoms with Crippen molar-refractivity contribution in [2.75, 3.05) is 20.3 Å². The Kier molecular flexibility index (Phi) is 6.78. The number of halogens is 1. The zero-order chi connectivity index (χ0) is 12.7. The highest BCUT2D eigenvalue weighted by Gasteiger charge is 2.10. The Bertz CT molecular complexity index is 328. The van der Waals surface area contributed by atoms with Crippen molar-refractivity contribution in [1.29, 1.82) is 0 Å². The summed E-state index contributed by atoms with van der Waals surface area (Å²) >= 11 is 3.51. The van der Waals surface area contributed by atoms with E-state index in [9.17, 15) is 0 Å². The average molecular weight is 300 g/mol. The van der Waals surface area contributed by atoms with Crippen molar-refractivity contribution in [1.82, 2.24) is 5.32 Å². The number of ether oxygens (including phenoxy) is 1. The largest absolute Gasteiger partial charge is 0.384 e. The molecule has 1 unspecified atom stereocenters. The molecule has 1 atom stereocenters. The molecule has 0 aliphatic heterocycles. The van der Waals surface area contributed by atoms with Crippen LogP contribution in [0.3, 0.4) is 0 Å². The van der Waals surface area contributed by atoms with Gasteiger partial charge in [0.15, 0.2) is 0 Å². The van der Waals surface area contributed by atoms with Gasteiger partial charge in [-0.1, -0.05) is 41.9 Å². The summed E-state index contributed by atoms with van der Waals surface area (Å²) < 4.78 is 6.43. The van der Waals surface area contributed by atoms with Crippen LogP contribution < -0.4 is 5.32 Å². The smallest absolute Gasteiger partial charge is 0.0505 e. The quantitative estimate of drug-likeness (QED) is 0.834. The van der Waals surface area contributed by atoms with E-state index in [0.717, 1.165) is 24.0 Å². The molecule has 1 aromatic carbocycles. The maximum absolute atomic E-state index is 5.29. The SMILES string of the molecule is COCC(CNC(C)C)Cc1cccc(Br)c1. The second-order valence-electron chi connectivity index (χ2n) is 4.72. The van der Waals surface area contributed by atoms with E-state index in [-0.39, 0.29) is 0 Å². The molecule has 96 valence electrons. The van der Waals surface area contributed by atoms with Crippen molar-refractivity contribution in [3.8, 4) is 0 Å². The predicted molar refractivity (Wildman–Crippen MR) is 76.4 cm³/mol. The Morgan fingerprint density at radius 2 is 2.12 bits per heavy atom. The summed E-state index contributed by atoms with van der Waals surface area (Å²) in [6, 6.07) is 9.01. The van der Waals surface area contributed by atoms with Gasteiger partial charge in [-0.2, -0.15) is 0 Å². The monoisotopic (exact) mass is 299 g/mol. The molecule has 1 rings (SSSR count). The van der Waals surface area contributed by atoms with E-state index in [0.29, 0.717) is 12.0 Å². The number of rotatable bonds is 7. The molecule has 2 nitrogen and oxygen atoms in total. The highest BCUT2D eigenvalue weighted by atomic mass is 79.9. The van der Waals surface area contributed by atoms with Crippen LogP contribution in [-0.4, -0.2) is 26.3 Å². The first kappa shape index (κ1) is 14.7. The lowest BCUT2D eigenvalue weighted by Crippen LogP contribution is -2.32. The van der Waals surface area contributed by atoms with Crippen molar-refractivity contribution < 1.29 is 4.74 Å². The first-order valence-corrected chi connectivity index (χ1v) is 6.88. The molecule has 0 saturated carbocycles. The molecule has 0 aliphatic rings. The third-order valence-electron chi connectivity index (χ3n) is 2.63. The highest BCUT2D eigenvalue weighted by Crippen LogP contribution is 2.15. The van der Waals surface area contributed by atoms with E-state index in [1.807, 2.05) is 0 Å². The van der Waals surface area contributed by atoms with Crippen LogP contribution >= 0.6 is 15.9 Å². The van der Waals surface area contributed by atoms with Crippen LogP contribution in [0.5, 0.6) is 0 Å². The summed E-state index contributed by atoms with van der Waals surface area (Å²) in [6.45, 7) is 6.14. The summed E-state index contributed by atoms with van der Waals surface area (Å²) in [5.41, 5.74) is 1.35. The first-order chi connectivity index (χ1) is 8.11. The van der Waals surface area contributed by atoms with Crippen LogP contribution in [0.1, 0.15) is 19.4 Å². The van der Waals surface area contributed by atoms with Gasteiger partial charge in [-0.25, -0.2) is 0 Å². The van der Waals surface area contributed by atoms with Gasteiger partial charge >= 0.3 is 0 Å². The Morgan fingerprint density at radius 3 is 2.71 bits per heavy atom. The number of hydrogen-bond donors (Lipinski definition) is 1. The molecule has 0 aliphatic carbocycles. The molecule has 0 spiro atoms. The maximum Gasteiger partial charge on any atom is 0.0505 e. The van der Waals surface area contributed by atoms with Gasteiger partial charge < -0.3 is 10.1 Å². The fourth-order valence-electron chi connectivity index (χ4n) is 1.83. The lowest BCUT2D eigenvalue weighted by Gasteiger charge is -2.18. The van der Waals surface area contributed by atoms with Gasteiger partial charge in [-0.15, -0.1) is 0 Å². The van der Waals surface area contributed by atoms with Crippen molar-refractivity contribution in [2.24, 2.45) is 5.92 Å². The molecule has 0 saturated heterocycles. The van der Waals surface area contributed by atoms with Crippen molar-refractivity contribution in [2.45, 2.75) is 26.3 Å². The van der Waals surface area contributed by atoms with Crippen LogP contribution in [0.2, 0.25) is 0 Å². The molecular formula is C14H22BrNO. The molecule has 0 radical (unpaired) electrons. The normalized spacial score (nSPS) is 13.0. The summed E-state index contributed by atoms with van der Waals surface area (Å²) in [5.74, 6) is 0.525. The third-order valence-corrected chi connectivity index (χ3v) is 3.12. The lowest BCUT2D eigenvalue weighted by molar-refractivity contribution is 0.149. The van der Waals surface area contributed by atoms with E-state index in [2.05, 4.69) is 59.4 Å². The van der Waals surface area contributed by atoms with E-state index in [1.165, 1.54) is 5.56 Å². The molecule has 3 heteroatoms. The predicted octanol–water partition coefficient (Wildman–Crippen LogP) is 3.25. The molecule has 0 aromatic heterocycles. The number of hydrogen-bond acceptors (Lipinski definition) is 2. The third kappa shape index (κ3) is 6.20. The second-order valence-corrected chi connectivity index (χ2v) is 5.63. The van der Waals surface area contributed by atoms with Gasteiger partial charge in [0.05, 0.1) is 6.61 Å². The zero-order valence-corrected chi connectivity index (χ0v) is 12.5. The molecule has 17 heavy (non-hydrogen) atoms. The van der Waals surface area contributed by atoms with Crippen LogP contribution in [0.4, 0.5) is 0 Å². The van der Waals surface area contributed by atoms with Crippen LogP contribution in [0.15, 0.2) is 28.7 Å². The van der Waals surface area contributed by atoms with E-state index in [1.54, 1.807) is 7.11 Å². The Morgan fingerprint density at radius 1 is 1.35 bits per heavy atom. The van der Waals surface area contributed by atoms with Gasteiger partial charge in [0, 0.05) is 24.2 Å². The van der Waals surface area contributed by atoms with Gasteiger partial charge in [0.2, 0.25) is 0 Å². The molecule has 0 heterocycles. The number of benzene rings is 1. The van der Waals surface area contributed by atoms with E-state index in [4.69, 9.17) is 4.74 Å². The van der Waals surface area contributed by atoms with Gasteiger partial charge in [-0.05, 0) is 30.0 Å². The highest BCUT2D eigenvalue weighted by molar-refractivity contribution is 9.10. The first-order valence-electron chi connectivity index (χ1n) is 6.08. The summed E-state index contributed by atoms with van der Waals surface area (Å²) in [5, 5.41) is 3.47. The van der Waals surface area contributed by atoms with Crippen LogP contribution in [0.25, 0.3) is 0 Å². The topological polar surface area (TPSA) is 21.3 Å². The van der Waals surface area contributed by atoms with Crippen LogP contribution in [0, 0.1) is 5.92 Å². The fourth-order valence-corrected chi connectivity index (χ4v) is 2.27. The average Bonchev–Trinajstić information content (AvgIpc) is 2.26. The number of methoxy groups -OCH3 is 1. The van der Waals surface area contributed by atoms with Gasteiger partial charge in [0.1, 0.15) is 0 Å². The summed E-state index contributed by atoms with van der Waals surface area (Å²) in [4.78, 5) is 0. The molecule has 1 aromatic rings. The molecule has 1 N–H and O–H groups in total. The molecule has 0 amide bonds. The second kappa shape index (κ2) is 7.85. The Hall–Kier alpha value is -0.380. The zero-order valence-electron chi connectivity index (χ0n) is 10.9. The minimum absolute atomic E-state index is 0.525. The molecule has 0 bridgehead atoms. The standard InChI is InChI=1S/C14H22BrNO/c1-11(2)16-9-13(10-17-3)7-12-5-4-6-14(15)8-12/h4-6,8,11,13,16H,7,9-10H2,1-3H3. The Labute approximate surface area is 113 Å². The fraction of sp³-hybridized carbons (Fsp3) is 0.571. The molecular weight excluding hydrogens is 278 g/mol. The minimum Gasteiger partial charge on any atom is -0.384 e. The van der Waals surface area contributed by atoms with Crippen LogP contribution in [-0.2, 0) is 11.2 Å². The summed E-state index contributed by atoms with van der Waals surface area (Å²) in [7, 11) is 1.77.